The van der Waals surface area contributed by atoms with Crippen molar-refractivity contribution in [3.05, 3.63) is 93.6 Å². The average molecular weight is 535 g/mol. The Labute approximate surface area is 219 Å². The van der Waals surface area contributed by atoms with Crippen molar-refractivity contribution < 1.29 is 27.2 Å². The first-order valence-corrected chi connectivity index (χ1v) is 13.1. The van der Waals surface area contributed by atoms with Crippen LogP contribution in [0.2, 0.25) is 0 Å². The lowest BCUT2D eigenvalue weighted by atomic mass is 10.0. The lowest BCUT2D eigenvalue weighted by molar-refractivity contribution is -0.119. The minimum Gasteiger partial charge on any atom is -0.455 e. The van der Waals surface area contributed by atoms with Gasteiger partial charge in [-0.2, -0.15) is 0 Å². The number of nitrogens with zero attached hydrogens (tertiary/aromatic N) is 1. The number of fused-ring (bicyclic) bond motifs is 1. The van der Waals surface area contributed by atoms with Gasteiger partial charge in [-0.15, -0.1) is 0 Å². The maximum absolute atomic E-state index is 13.0. The minimum absolute atomic E-state index is 0.000152. The molecule has 0 aliphatic heterocycles. The van der Waals surface area contributed by atoms with E-state index in [0.29, 0.717) is 22.5 Å². The molecule has 4 rings (SSSR count). The Hall–Kier alpha value is -4.28. The van der Waals surface area contributed by atoms with Gasteiger partial charge in [0.25, 0.3) is 5.91 Å². The van der Waals surface area contributed by atoms with E-state index in [-0.39, 0.29) is 32.5 Å². The summed E-state index contributed by atoms with van der Waals surface area (Å²) in [5, 5.41) is 2.80. The lowest BCUT2D eigenvalue weighted by Gasteiger charge is -2.14. The zero-order chi connectivity index (χ0) is 27.6. The van der Waals surface area contributed by atoms with Crippen LogP contribution in [-0.2, 0) is 19.6 Å². The van der Waals surface area contributed by atoms with Gasteiger partial charge >= 0.3 is 5.97 Å². The van der Waals surface area contributed by atoms with E-state index < -0.39 is 28.5 Å². The number of para-hydroxylation sites is 1. The topological polar surface area (TPSA) is 123 Å². The Balaban J connectivity index is 1.57. The van der Waals surface area contributed by atoms with Gasteiger partial charge in [-0.25, -0.2) is 17.5 Å². The summed E-state index contributed by atoms with van der Waals surface area (Å²) in [6, 6.07) is 18.0. The highest BCUT2D eigenvalue weighted by Gasteiger charge is 2.21. The zero-order valence-corrected chi connectivity index (χ0v) is 22.1. The second kappa shape index (κ2) is 10.6. The number of carbonyl (C=O) groups is 2. The Morgan fingerprint density at radius 1 is 0.974 bits per heavy atom. The molecule has 38 heavy (non-hydrogen) atoms. The second-order valence-electron chi connectivity index (χ2n) is 8.82. The molecule has 0 aliphatic rings. The maximum Gasteiger partial charge on any atom is 0.342 e. The summed E-state index contributed by atoms with van der Waals surface area (Å²) < 4.78 is 37.2. The second-order valence-corrected chi connectivity index (χ2v) is 11.0. The molecule has 0 bridgehead atoms. The van der Waals surface area contributed by atoms with Gasteiger partial charge in [0.15, 0.2) is 17.6 Å². The van der Waals surface area contributed by atoms with Crippen LogP contribution in [0.4, 0.5) is 5.69 Å². The molecule has 0 saturated carbocycles. The number of rotatable bonds is 7. The minimum atomic E-state index is -3.70. The summed E-state index contributed by atoms with van der Waals surface area (Å²) in [6.07, 6.45) is 0. The molecule has 10 heteroatoms. The van der Waals surface area contributed by atoms with Crippen LogP contribution in [0.15, 0.2) is 80.8 Å². The molecule has 3 aromatic carbocycles. The predicted octanol–water partition coefficient (Wildman–Crippen LogP) is 4.12. The van der Waals surface area contributed by atoms with Gasteiger partial charge < -0.3 is 14.5 Å². The number of sulfonamides is 1. The first-order chi connectivity index (χ1) is 18.0. The molecule has 1 amide bonds. The lowest BCUT2D eigenvalue weighted by Crippen LogP contribution is -2.24. The summed E-state index contributed by atoms with van der Waals surface area (Å²) in [6.45, 7) is 2.72. The highest BCUT2D eigenvalue weighted by atomic mass is 32.2. The molecule has 1 heterocycles. The predicted molar refractivity (Wildman–Crippen MR) is 144 cm³/mol. The maximum atomic E-state index is 13.0. The quantitative estimate of drug-likeness (QED) is 0.354. The van der Waals surface area contributed by atoms with Gasteiger partial charge in [0.2, 0.25) is 10.0 Å². The fraction of sp³-hybridized carbons (Fsp3) is 0.179. The number of hydrogen-bond acceptors (Lipinski definition) is 7. The van der Waals surface area contributed by atoms with Crippen molar-refractivity contribution in [3.8, 4) is 11.3 Å². The van der Waals surface area contributed by atoms with Crippen LogP contribution in [0.3, 0.4) is 0 Å². The van der Waals surface area contributed by atoms with Crippen LogP contribution in [0.25, 0.3) is 22.3 Å². The molecule has 1 aromatic heterocycles. The van der Waals surface area contributed by atoms with Crippen molar-refractivity contribution in [1.29, 1.82) is 0 Å². The van der Waals surface area contributed by atoms with E-state index in [4.69, 9.17) is 9.15 Å². The van der Waals surface area contributed by atoms with Gasteiger partial charge in [0.1, 0.15) is 11.3 Å². The van der Waals surface area contributed by atoms with Crippen molar-refractivity contribution in [1.82, 2.24) is 4.31 Å². The molecule has 0 aliphatic carbocycles. The summed E-state index contributed by atoms with van der Waals surface area (Å²) in [7, 11) is -0.886. The number of nitrogens with one attached hydrogen (secondary N) is 1. The first-order valence-electron chi connectivity index (χ1n) is 11.6. The van der Waals surface area contributed by atoms with E-state index in [9.17, 15) is 22.8 Å². The molecule has 0 saturated heterocycles. The van der Waals surface area contributed by atoms with Crippen molar-refractivity contribution in [2.24, 2.45) is 0 Å². The Morgan fingerprint density at radius 3 is 2.37 bits per heavy atom. The molecule has 0 spiro atoms. The largest absolute Gasteiger partial charge is 0.455 e. The van der Waals surface area contributed by atoms with Crippen LogP contribution in [0.1, 0.15) is 21.5 Å². The van der Waals surface area contributed by atoms with Gasteiger partial charge in [0.05, 0.1) is 10.3 Å². The average Bonchev–Trinajstić information content (AvgIpc) is 2.90. The standard InChI is InChI=1S/C28H26N2O7S/c1-17-13-14-20(38(34,35)30(3)4)15-23(17)29-24(31)16-36-28(33)22-12-8-11-21-25(32)18(2)26(37-27(21)22)19-9-6-5-7-10-19/h5-15H,16H2,1-4H3,(H,29,31). The summed E-state index contributed by atoms with van der Waals surface area (Å²) in [4.78, 5) is 38.5. The Bertz CT molecular complexity index is 1710. The molecular formula is C28H26N2O7S. The molecule has 0 unspecified atom stereocenters. The number of anilines is 1. The molecule has 0 atom stereocenters. The van der Waals surface area contributed by atoms with Gasteiger partial charge in [-0.05, 0) is 43.7 Å². The molecule has 0 radical (unpaired) electrons. The number of esters is 1. The molecule has 9 nitrogen and oxygen atoms in total. The van der Waals surface area contributed by atoms with Crippen molar-refractivity contribution in [2.45, 2.75) is 18.7 Å². The van der Waals surface area contributed by atoms with E-state index >= 15 is 0 Å². The van der Waals surface area contributed by atoms with Crippen LogP contribution in [0.5, 0.6) is 0 Å². The normalized spacial score (nSPS) is 11.5. The third-order valence-electron chi connectivity index (χ3n) is 6.00. The van der Waals surface area contributed by atoms with E-state index in [1.807, 2.05) is 18.2 Å². The number of aryl methyl sites for hydroxylation is 1. The zero-order valence-electron chi connectivity index (χ0n) is 21.3. The van der Waals surface area contributed by atoms with Crippen molar-refractivity contribution >= 4 is 38.6 Å². The molecule has 196 valence electrons. The molecule has 1 N–H and O–H groups in total. The monoisotopic (exact) mass is 534 g/mol. The van der Waals surface area contributed by atoms with Gasteiger partial charge in [-0.3, -0.25) is 9.59 Å². The molecular weight excluding hydrogens is 508 g/mol. The van der Waals surface area contributed by atoms with Crippen molar-refractivity contribution in [2.75, 3.05) is 26.0 Å². The smallest absolute Gasteiger partial charge is 0.342 e. The number of ether oxygens (including phenoxy) is 1. The third-order valence-corrected chi connectivity index (χ3v) is 7.81. The third kappa shape index (κ3) is 5.22. The Morgan fingerprint density at radius 2 is 1.68 bits per heavy atom. The van der Waals surface area contributed by atoms with Crippen LogP contribution >= 0.6 is 0 Å². The molecule has 4 aromatic rings. The van der Waals surface area contributed by atoms with E-state index in [1.54, 1.807) is 38.1 Å². The van der Waals surface area contributed by atoms with Crippen molar-refractivity contribution in [3.63, 3.8) is 0 Å². The van der Waals surface area contributed by atoms with E-state index in [1.165, 1.54) is 38.4 Å². The van der Waals surface area contributed by atoms with Gasteiger partial charge in [0, 0.05) is 30.9 Å². The fourth-order valence-corrected chi connectivity index (χ4v) is 4.77. The molecule has 0 fully saturated rings. The Kier molecular flexibility index (Phi) is 7.47. The first kappa shape index (κ1) is 26.8. The van der Waals surface area contributed by atoms with Crippen LogP contribution in [-0.4, -0.2) is 45.3 Å². The summed E-state index contributed by atoms with van der Waals surface area (Å²) in [5.74, 6) is -1.18. The van der Waals surface area contributed by atoms with Crippen LogP contribution in [0, 0.1) is 13.8 Å². The SMILES string of the molecule is Cc1ccc(S(=O)(=O)N(C)C)cc1NC(=O)COC(=O)c1cccc2c(=O)c(C)c(-c3ccccc3)oc12. The number of amides is 1. The highest BCUT2D eigenvalue weighted by Crippen LogP contribution is 2.28. The van der Waals surface area contributed by atoms with E-state index in [2.05, 4.69) is 5.32 Å². The van der Waals surface area contributed by atoms with Gasteiger partial charge in [-0.1, -0.05) is 42.5 Å². The van der Waals surface area contributed by atoms with Crippen LogP contribution < -0.4 is 10.7 Å². The number of carbonyl (C=O) groups excluding carboxylic acids is 2. The highest BCUT2D eigenvalue weighted by molar-refractivity contribution is 7.89. The fourth-order valence-electron chi connectivity index (χ4n) is 3.84. The number of hydrogen-bond donors (Lipinski definition) is 1. The summed E-state index contributed by atoms with van der Waals surface area (Å²) in [5.41, 5.74) is 1.77. The summed E-state index contributed by atoms with van der Waals surface area (Å²) >= 11 is 0. The van der Waals surface area contributed by atoms with E-state index in [0.717, 1.165) is 4.31 Å². The number of benzene rings is 3.